The summed E-state index contributed by atoms with van der Waals surface area (Å²) in [6.07, 6.45) is 0. The van der Waals surface area contributed by atoms with Crippen molar-refractivity contribution in [3.63, 3.8) is 0 Å². The van der Waals surface area contributed by atoms with E-state index < -0.39 is 0 Å². The number of hydrogen-bond donors (Lipinski definition) is 0. The predicted molar refractivity (Wildman–Crippen MR) is 245 cm³/mol. The maximum absolute atomic E-state index is 6.26. The monoisotopic (exact) mass is 767 g/mol. The molecular weight excluding hydrogens is 735 g/mol. The second-order valence-corrected chi connectivity index (χ2v) is 15.2. The molecule has 0 saturated carbocycles. The van der Waals surface area contributed by atoms with Gasteiger partial charge in [-0.15, -0.1) is 0 Å². The Morgan fingerprint density at radius 2 is 0.800 bits per heavy atom. The van der Waals surface area contributed by atoms with Crippen LogP contribution >= 0.6 is 0 Å². The Morgan fingerprint density at radius 1 is 0.267 bits per heavy atom. The molecule has 0 radical (unpaired) electrons. The zero-order chi connectivity index (χ0) is 39.6. The van der Waals surface area contributed by atoms with E-state index in [4.69, 9.17) is 23.8 Å². The van der Waals surface area contributed by atoms with E-state index in [9.17, 15) is 0 Å². The molecule has 0 N–H and O–H groups in total. The van der Waals surface area contributed by atoms with E-state index in [1.807, 2.05) is 48.5 Å². The Morgan fingerprint density at radius 3 is 1.65 bits per heavy atom. The summed E-state index contributed by atoms with van der Waals surface area (Å²) in [6.45, 7) is 0. The lowest BCUT2D eigenvalue weighted by atomic mass is 9.98. The van der Waals surface area contributed by atoms with Crippen molar-refractivity contribution in [2.75, 3.05) is 0 Å². The Bertz CT molecular complexity index is 3600. The average Bonchev–Trinajstić information content (AvgIpc) is 3.90. The summed E-state index contributed by atoms with van der Waals surface area (Å²) >= 11 is 0. The maximum Gasteiger partial charge on any atom is 0.164 e. The lowest BCUT2D eigenvalue weighted by molar-refractivity contribution is 0.668. The molecule has 0 aliphatic rings. The number of hydrogen-bond acceptors (Lipinski definition) is 5. The van der Waals surface area contributed by atoms with Crippen LogP contribution < -0.4 is 0 Å². The van der Waals surface area contributed by atoms with Crippen molar-refractivity contribution in [2.24, 2.45) is 0 Å². The molecule has 0 aliphatic carbocycles. The fourth-order valence-electron chi connectivity index (χ4n) is 8.60. The van der Waals surface area contributed by atoms with Gasteiger partial charge in [-0.2, -0.15) is 0 Å². The van der Waals surface area contributed by atoms with Gasteiger partial charge in [-0.3, -0.25) is 0 Å². The van der Waals surface area contributed by atoms with Crippen LogP contribution in [0.25, 0.3) is 122 Å². The fourth-order valence-corrected chi connectivity index (χ4v) is 8.60. The summed E-state index contributed by atoms with van der Waals surface area (Å²) < 4.78 is 12.5. The van der Waals surface area contributed by atoms with Crippen LogP contribution in [0.4, 0.5) is 0 Å². The van der Waals surface area contributed by atoms with Crippen LogP contribution in [0.2, 0.25) is 0 Å². The summed E-state index contributed by atoms with van der Waals surface area (Å²) in [5, 5.41) is 6.61. The van der Waals surface area contributed by atoms with Gasteiger partial charge in [-0.1, -0.05) is 158 Å². The van der Waals surface area contributed by atoms with Gasteiger partial charge in [0.2, 0.25) is 0 Å². The van der Waals surface area contributed by atoms with Crippen molar-refractivity contribution < 1.29 is 8.83 Å². The van der Waals surface area contributed by atoms with Gasteiger partial charge >= 0.3 is 0 Å². The Labute approximate surface area is 344 Å². The van der Waals surface area contributed by atoms with E-state index in [0.717, 1.165) is 99.2 Å². The van der Waals surface area contributed by atoms with Crippen LogP contribution in [0, 0.1) is 0 Å². The molecule has 5 heteroatoms. The van der Waals surface area contributed by atoms with Gasteiger partial charge in [0.05, 0.1) is 0 Å². The molecule has 0 atom stereocenters. The third kappa shape index (κ3) is 5.75. The first-order chi connectivity index (χ1) is 29.7. The first-order valence-corrected chi connectivity index (χ1v) is 20.1. The summed E-state index contributed by atoms with van der Waals surface area (Å²) in [5.74, 6) is 1.81. The second kappa shape index (κ2) is 13.8. The second-order valence-electron chi connectivity index (χ2n) is 15.2. The van der Waals surface area contributed by atoms with E-state index >= 15 is 0 Å². The van der Waals surface area contributed by atoms with Gasteiger partial charge in [-0.05, 0) is 86.6 Å². The summed E-state index contributed by atoms with van der Waals surface area (Å²) in [6, 6.07) is 69.3. The molecule has 0 bridgehead atoms. The highest BCUT2D eigenvalue weighted by Gasteiger charge is 2.17. The molecule has 5 nitrogen and oxygen atoms in total. The smallest absolute Gasteiger partial charge is 0.164 e. The Kier molecular flexibility index (Phi) is 7.78. The Balaban J connectivity index is 0.991. The van der Waals surface area contributed by atoms with Crippen molar-refractivity contribution >= 4 is 54.6 Å². The summed E-state index contributed by atoms with van der Waals surface area (Å²) in [4.78, 5) is 15.6. The van der Waals surface area contributed by atoms with Gasteiger partial charge < -0.3 is 8.83 Å². The third-order valence-corrected chi connectivity index (χ3v) is 11.6. The number of para-hydroxylation sites is 2. The quantitative estimate of drug-likeness (QED) is 0.169. The van der Waals surface area contributed by atoms with Crippen LogP contribution in [0.5, 0.6) is 0 Å². The maximum atomic E-state index is 6.26. The minimum Gasteiger partial charge on any atom is -0.456 e. The Hall–Kier alpha value is -8.15. The highest BCUT2D eigenvalue weighted by atomic mass is 16.3. The normalized spacial score (nSPS) is 11.7. The lowest BCUT2D eigenvalue weighted by Crippen LogP contribution is -2.01. The standard InChI is InChI=1S/C55H33N3O2/c1-2-11-34(12-3-1)38-27-29-42-40(31-38)14-9-19-46(42)55-57-53(36-25-23-35(24-26-36)43-18-10-22-50-52(43)47-17-5-7-21-49(47)59-50)56-54(58-55)41-15-8-13-37(32-41)39-28-30-45-44-16-4-6-20-48(44)60-51(45)33-39/h1-33H. The van der Waals surface area contributed by atoms with Gasteiger partial charge in [0.25, 0.3) is 0 Å². The first kappa shape index (κ1) is 33.9. The first-order valence-electron chi connectivity index (χ1n) is 20.1. The minimum atomic E-state index is 0.596. The number of rotatable bonds is 6. The summed E-state index contributed by atoms with van der Waals surface area (Å²) in [7, 11) is 0. The molecule has 12 aromatic rings. The molecule has 9 aromatic carbocycles. The molecule has 0 unspecified atom stereocenters. The van der Waals surface area contributed by atoms with Crippen molar-refractivity contribution in [1.82, 2.24) is 15.0 Å². The van der Waals surface area contributed by atoms with Gasteiger partial charge in [0.15, 0.2) is 17.5 Å². The molecule has 60 heavy (non-hydrogen) atoms. The van der Waals surface area contributed by atoms with E-state index in [2.05, 4.69) is 152 Å². The minimum absolute atomic E-state index is 0.596. The van der Waals surface area contributed by atoms with Crippen molar-refractivity contribution in [2.45, 2.75) is 0 Å². The van der Waals surface area contributed by atoms with Crippen LogP contribution in [0.1, 0.15) is 0 Å². The number of furan rings is 2. The van der Waals surface area contributed by atoms with Crippen molar-refractivity contribution in [3.8, 4) is 67.5 Å². The molecular formula is C55H33N3O2. The molecule has 0 spiro atoms. The van der Waals surface area contributed by atoms with Gasteiger partial charge in [-0.25, -0.2) is 15.0 Å². The molecule has 0 aliphatic heterocycles. The van der Waals surface area contributed by atoms with E-state index in [0.29, 0.717) is 17.5 Å². The van der Waals surface area contributed by atoms with E-state index in [1.165, 1.54) is 5.56 Å². The van der Waals surface area contributed by atoms with Crippen LogP contribution in [0.3, 0.4) is 0 Å². The SMILES string of the molecule is c1ccc(-c2ccc3c(-c4nc(-c5ccc(-c6cccc7oc8ccccc8c67)cc5)nc(-c5cccc(-c6ccc7c(c6)oc6ccccc67)c5)n4)cccc3c2)cc1. The number of aromatic nitrogens is 3. The highest BCUT2D eigenvalue weighted by Crippen LogP contribution is 2.39. The van der Waals surface area contributed by atoms with Crippen molar-refractivity contribution in [1.29, 1.82) is 0 Å². The molecule has 0 amide bonds. The highest BCUT2D eigenvalue weighted by molar-refractivity contribution is 6.12. The van der Waals surface area contributed by atoms with Crippen LogP contribution in [-0.4, -0.2) is 15.0 Å². The molecule has 12 rings (SSSR count). The third-order valence-electron chi connectivity index (χ3n) is 11.6. The number of nitrogens with zero attached hydrogens (tertiary/aromatic N) is 3. The number of benzene rings is 9. The summed E-state index contributed by atoms with van der Waals surface area (Å²) in [5.41, 5.74) is 12.9. The average molecular weight is 768 g/mol. The fraction of sp³-hybridized carbons (Fsp3) is 0. The zero-order valence-electron chi connectivity index (χ0n) is 32.2. The lowest BCUT2D eigenvalue weighted by Gasteiger charge is -2.12. The topological polar surface area (TPSA) is 65.0 Å². The molecule has 3 aromatic heterocycles. The van der Waals surface area contributed by atoms with Crippen molar-refractivity contribution in [3.05, 3.63) is 200 Å². The van der Waals surface area contributed by atoms with Gasteiger partial charge in [0, 0.05) is 38.2 Å². The molecule has 0 saturated heterocycles. The predicted octanol–water partition coefficient (Wildman–Crippen LogP) is 14.8. The van der Waals surface area contributed by atoms with Crippen LogP contribution in [-0.2, 0) is 0 Å². The van der Waals surface area contributed by atoms with E-state index in [1.54, 1.807) is 0 Å². The largest absolute Gasteiger partial charge is 0.456 e. The van der Waals surface area contributed by atoms with Crippen LogP contribution in [0.15, 0.2) is 209 Å². The number of fused-ring (bicyclic) bond motifs is 7. The zero-order valence-corrected chi connectivity index (χ0v) is 32.2. The van der Waals surface area contributed by atoms with Gasteiger partial charge in [0.1, 0.15) is 22.3 Å². The molecule has 0 fully saturated rings. The molecule has 280 valence electrons. The molecule has 3 heterocycles. The van der Waals surface area contributed by atoms with E-state index in [-0.39, 0.29) is 0 Å².